The van der Waals surface area contributed by atoms with E-state index < -0.39 is 39.3 Å². The second-order valence-corrected chi connectivity index (χ2v) is 11.1. The zero-order chi connectivity index (χ0) is 25.1. The van der Waals surface area contributed by atoms with Crippen molar-refractivity contribution in [3.8, 4) is 11.1 Å². The molecule has 2 N–H and O–H groups in total. The minimum Gasteiger partial charge on any atom is -0.463 e. The molecule has 35 heavy (non-hydrogen) atoms. The lowest BCUT2D eigenvalue weighted by Crippen LogP contribution is -2.43. The highest BCUT2D eigenvalue weighted by Gasteiger charge is 2.37. The summed E-state index contributed by atoms with van der Waals surface area (Å²) >= 11 is 0. The zero-order valence-electron chi connectivity index (χ0n) is 18.9. The van der Waals surface area contributed by atoms with Crippen LogP contribution in [0.5, 0.6) is 0 Å². The van der Waals surface area contributed by atoms with E-state index >= 15 is 0 Å². The van der Waals surface area contributed by atoms with Crippen LogP contribution in [0.4, 0.5) is 4.39 Å². The SMILES string of the molecule is Cc1c(CC(=O)N[C@H]2CS(=O)(=O)C[C@H]2O)c(=O)oc2c(C)c3occ(-c4ccc(F)cc4)c3cc12. The molecular formula is C25H22FNO7S. The average Bonchev–Trinajstić information content (AvgIpc) is 3.32. The maximum Gasteiger partial charge on any atom is 0.340 e. The van der Waals surface area contributed by atoms with Gasteiger partial charge < -0.3 is 19.3 Å². The van der Waals surface area contributed by atoms with Gasteiger partial charge in [-0.05, 0) is 43.2 Å². The van der Waals surface area contributed by atoms with E-state index in [1.807, 2.05) is 6.07 Å². The Bertz CT molecular complexity index is 1650. The van der Waals surface area contributed by atoms with Gasteiger partial charge in [0.05, 0.1) is 41.9 Å². The molecule has 0 aliphatic carbocycles. The van der Waals surface area contributed by atoms with Gasteiger partial charge in [0.1, 0.15) is 17.0 Å². The summed E-state index contributed by atoms with van der Waals surface area (Å²) in [5.74, 6) is -1.71. The van der Waals surface area contributed by atoms with Gasteiger partial charge in [0.25, 0.3) is 0 Å². The van der Waals surface area contributed by atoms with E-state index in [2.05, 4.69) is 5.32 Å². The fourth-order valence-electron chi connectivity index (χ4n) is 4.64. The van der Waals surface area contributed by atoms with Gasteiger partial charge in [0.2, 0.25) is 5.91 Å². The predicted octanol–water partition coefficient (Wildman–Crippen LogP) is 2.78. The Labute approximate surface area is 199 Å². The van der Waals surface area contributed by atoms with Gasteiger partial charge in [-0.25, -0.2) is 17.6 Å². The summed E-state index contributed by atoms with van der Waals surface area (Å²) in [7, 11) is -3.43. The van der Waals surface area contributed by atoms with Crippen LogP contribution in [0.3, 0.4) is 0 Å². The molecule has 2 aromatic heterocycles. The summed E-state index contributed by atoms with van der Waals surface area (Å²) in [6.07, 6.45) is 0.0349. The van der Waals surface area contributed by atoms with Crippen LogP contribution in [0.2, 0.25) is 0 Å². The van der Waals surface area contributed by atoms with Crippen LogP contribution >= 0.6 is 0 Å². The van der Waals surface area contributed by atoms with E-state index in [0.717, 1.165) is 16.5 Å². The van der Waals surface area contributed by atoms with E-state index in [1.54, 1.807) is 32.2 Å². The number of amides is 1. The second-order valence-electron chi connectivity index (χ2n) is 8.90. The molecule has 182 valence electrons. The molecule has 2 aromatic carbocycles. The molecule has 4 aromatic rings. The average molecular weight is 500 g/mol. The second kappa shape index (κ2) is 8.31. The number of aliphatic hydroxyl groups excluding tert-OH is 1. The van der Waals surface area contributed by atoms with Gasteiger partial charge >= 0.3 is 5.63 Å². The van der Waals surface area contributed by atoms with E-state index in [0.29, 0.717) is 27.7 Å². The number of benzene rings is 2. The largest absolute Gasteiger partial charge is 0.463 e. The molecule has 8 nitrogen and oxygen atoms in total. The van der Waals surface area contributed by atoms with Crippen molar-refractivity contribution in [2.45, 2.75) is 32.4 Å². The minimum absolute atomic E-state index is 0.135. The van der Waals surface area contributed by atoms with Crippen molar-refractivity contribution in [3.05, 3.63) is 69.5 Å². The molecule has 0 saturated carbocycles. The summed E-state index contributed by atoms with van der Waals surface area (Å²) in [5, 5.41) is 13.8. The first kappa shape index (κ1) is 23.3. The number of aryl methyl sites for hydroxylation is 2. The van der Waals surface area contributed by atoms with E-state index in [1.165, 1.54) is 12.1 Å². The number of halogens is 1. The maximum absolute atomic E-state index is 13.4. The Morgan fingerprint density at radius 2 is 1.83 bits per heavy atom. The number of fused-ring (bicyclic) bond motifs is 2. The number of hydrogen-bond acceptors (Lipinski definition) is 7. The van der Waals surface area contributed by atoms with Crippen molar-refractivity contribution in [2.24, 2.45) is 0 Å². The van der Waals surface area contributed by atoms with Gasteiger partial charge in [-0.1, -0.05) is 12.1 Å². The fourth-order valence-corrected chi connectivity index (χ4v) is 6.38. The minimum atomic E-state index is -3.43. The molecule has 1 saturated heterocycles. The molecule has 10 heteroatoms. The summed E-state index contributed by atoms with van der Waals surface area (Å²) < 4.78 is 48.1. The first-order valence-corrected chi connectivity index (χ1v) is 12.8. The van der Waals surface area contributed by atoms with Crippen molar-refractivity contribution in [1.82, 2.24) is 5.32 Å². The third-order valence-corrected chi connectivity index (χ3v) is 8.22. The number of furan rings is 1. The highest BCUT2D eigenvalue weighted by atomic mass is 32.2. The molecule has 1 fully saturated rings. The van der Waals surface area contributed by atoms with Crippen molar-refractivity contribution in [2.75, 3.05) is 11.5 Å². The van der Waals surface area contributed by atoms with Crippen LogP contribution in [-0.4, -0.2) is 43.1 Å². The van der Waals surface area contributed by atoms with Crippen LogP contribution in [0.25, 0.3) is 33.1 Å². The molecule has 0 radical (unpaired) electrons. The van der Waals surface area contributed by atoms with Crippen LogP contribution in [0.15, 0.2) is 50.2 Å². The number of hydrogen-bond donors (Lipinski definition) is 2. The van der Waals surface area contributed by atoms with E-state index in [-0.39, 0.29) is 23.6 Å². The van der Waals surface area contributed by atoms with Gasteiger partial charge in [-0.3, -0.25) is 4.79 Å². The van der Waals surface area contributed by atoms with Crippen LogP contribution in [0.1, 0.15) is 16.7 Å². The third-order valence-electron chi connectivity index (χ3n) is 6.50. The lowest BCUT2D eigenvalue weighted by atomic mass is 9.97. The lowest BCUT2D eigenvalue weighted by molar-refractivity contribution is -0.121. The Hall–Kier alpha value is -3.50. The van der Waals surface area contributed by atoms with Crippen LogP contribution < -0.4 is 10.9 Å². The number of carbonyl (C=O) groups excluding carboxylic acids is 1. The number of sulfone groups is 1. The molecule has 5 rings (SSSR count). The van der Waals surface area contributed by atoms with Crippen molar-refractivity contribution in [3.63, 3.8) is 0 Å². The summed E-state index contributed by atoms with van der Waals surface area (Å²) in [4.78, 5) is 25.4. The first-order valence-electron chi connectivity index (χ1n) is 10.9. The Balaban J connectivity index is 1.55. The summed E-state index contributed by atoms with van der Waals surface area (Å²) in [6, 6.07) is 6.89. The Morgan fingerprint density at radius 3 is 2.49 bits per heavy atom. The van der Waals surface area contributed by atoms with E-state index in [9.17, 15) is 27.5 Å². The molecule has 0 unspecified atom stereocenters. The number of nitrogens with one attached hydrogen (secondary N) is 1. The Kier molecular flexibility index (Phi) is 5.52. The summed E-state index contributed by atoms with van der Waals surface area (Å²) in [5.41, 5.74) is 2.97. The topological polar surface area (TPSA) is 127 Å². The van der Waals surface area contributed by atoms with Crippen molar-refractivity contribution >= 4 is 37.7 Å². The molecule has 3 heterocycles. The smallest absolute Gasteiger partial charge is 0.340 e. The summed E-state index contributed by atoms with van der Waals surface area (Å²) in [6.45, 7) is 3.47. The zero-order valence-corrected chi connectivity index (χ0v) is 19.7. The van der Waals surface area contributed by atoms with Gasteiger partial charge in [-0.2, -0.15) is 0 Å². The molecular weight excluding hydrogens is 477 g/mol. The standard InChI is InChI=1S/C25H22FNO7S/c1-12-16-7-18-19(14-3-5-15(26)6-4-14)9-33-23(18)13(2)24(16)34-25(30)17(12)8-22(29)27-20-10-35(31,32)11-21(20)28/h3-7,9,20-21,28H,8,10-11H2,1-2H3,(H,27,29)/t20-,21+/m0/s1. The number of aliphatic hydroxyl groups is 1. The third kappa shape index (κ3) is 4.12. The Morgan fingerprint density at radius 1 is 1.11 bits per heavy atom. The van der Waals surface area contributed by atoms with Gasteiger partial charge in [0.15, 0.2) is 9.84 Å². The fraction of sp³-hybridized carbons (Fsp3) is 0.280. The lowest BCUT2D eigenvalue weighted by Gasteiger charge is -2.15. The quantitative estimate of drug-likeness (QED) is 0.414. The molecule has 2 atom stereocenters. The van der Waals surface area contributed by atoms with Crippen LogP contribution in [0, 0.1) is 19.7 Å². The molecule has 1 aliphatic rings. The number of carbonyl (C=O) groups is 1. The monoisotopic (exact) mass is 499 g/mol. The van der Waals surface area contributed by atoms with E-state index in [4.69, 9.17) is 8.83 Å². The van der Waals surface area contributed by atoms with Crippen molar-refractivity contribution in [1.29, 1.82) is 0 Å². The predicted molar refractivity (Wildman–Crippen MR) is 127 cm³/mol. The first-order chi connectivity index (χ1) is 16.5. The highest BCUT2D eigenvalue weighted by molar-refractivity contribution is 7.91. The maximum atomic E-state index is 13.4. The van der Waals surface area contributed by atoms with Crippen LogP contribution in [-0.2, 0) is 21.1 Å². The van der Waals surface area contributed by atoms with Crippen molar-refractivity contribution < 1.29 is 31.5 Å². The molecule has 0 bridgehead atoms. The molecule has 1 aliphatic heterocycles. The number of rotatable bonds is 4. The van der Waals surface area contributed by atoms with Gasteiger partial charge in [-0.15, -0.1) is 0 Å². The molecule has 1 amide bonds. The normalized spacial score (nSPS) is 19.4. The molecule has 0 spiro atoms. The highest BCUT2D eigenvalue weighted by Crippen LogP contribution is 2.37. The van der Waals surface area contributed by atoms with Gasteiger partial charge in [0, 0.05) is 21.9 Å².